The molecule has 1 fully saturated rings. The molecule has 1 aromatic heterocycles. The van der Waals surface area contributed by atoms with Gasteiger partial charge in [0.05, 0.1) is 0 Å². The Morgan fingerprint density at radius 2 is 2.33 bits per heavy atom. The number of nitrogens with zero attached hydrogens (tertiary/aromatic N) is 2. The van der Waals surface area contributed by atoms with Crippen LogP contribution in [-0.2, 0) is 11.3 Å². The zero-order valence-corrected chi connectivity index (χ0v) is 12.3. The summed E-state index contributed by atoms with van der Waals surface area (Å²) in [4.78, 5) is 17.9. The van der Waals surface area contributed by atoms with Gasteiger partial charge in [-0.3, -0.25) is 14.7 Å². The maximum absolute atomic E-state index is 11.3. The van der Waals surface area contributed by atoms with E-state index in [2.05, 4.69) is 31.9 Å². The molecule has 18 heavy (non-hydrogen) atoms. The summed E-state index contributed by atoms with van der Waals surface area (Å²) in [6, 6.07) is 2.52. The number of carbonyl (C=O) groups is 1. The van der Waals surface area contributed by atoms with E-state index in [-0.39, 0.29) is 0 Å². The van der Waals surface area contributed by atoms with Crippen LogP contribution in [0.25, 0.3) is 0 Å². The Balaban J connectivity index is 2.03. The first-order valence-corrected chi connectivity index (χ1v) is 7.27. The molecule has 0 spiro atoms. The first-order valence-electron chi connectivity index (χ1n) is 6.48. The molecule has 0 amide bonds. The molecule has 0 radical (unpaired) electrons. The highest BCUT2D eigenvalue weighted by molar-refractivity contribution is 9.10. The molecular formula is C14H19BrN2O. The summed E-state index contributed by atoms with van der Waals surface area (Å²) in [7, 11) is 0. The lowest BCUT2D eigenvalue weighted by molar-refractivity contribution is -0.118. The number of hydrogen-bond acceptors (Lipinski definition) is 3. The van der Waals surface area contributed by atoms with Gasteiger partial charge in [-0.25, -0.2) is 0 Å². The van der Waals surface area contributed by atoms with Gasteiger partial charge >= 0.3 is 0 Å². The van der Waals surface area contributed by atoms with Crippen LogP contribution in [0.3, 0.4) is 0 Å². The molecule has 3 nitrogen and oxygen atoms in total. The molecule has 0 aliphatic carbocycles. The lowest BCUT2D eigenvalue weighted by atomic mass is 9.97. The summed E-state index contributed by atoms with van der Waals surface area (Å²) in [5.41, 5.74) is 1.21. The molecule has 4 heteroatoms. The highest BCUT2D eigenvalue weighted by Gasteiger charge is 2.23. The second-order valence-corrected chi connectivity index (χ2v) is 5.95. The summed E-state index contributed by atoms with van der Waals surface area (Å²) in [6.07, 6.45) is 8.00. The van der Waals surface area contributed by atoms with Gasteiger partial charge in [0, 0.05) is 35.9 Å². The van der Waals surface area contributed by atoms with Crippen LogP contribution in [-0.4, -0.2) is 28.3 Å². The van der Waals surface area contributed by atoms with Crippen molar-refractivity contribution in [2.75, 3.05) is 6.54 Å². The number of rotatable bonds is 4. The second-order valence-electron chi connectivity index (χ2n) is 5.04. The minimum Gasteiger partial charge on any atom is -0.300 e. The number of aromatic nitrogens is 1. The molecule has 1 atom stereocenters. The number of hydrogen-bond donors (Lipinski definition) is 0. The number of halogens is 1. The number of carbonyl (C=O) groups excluding carboxylic acids is 1. The molecule has 1 aliphatic heterocycles. The van der Waals surface area contributed by atoms with Gasteiger partial charge in [-0.2, -0.15) is 0 Å². The Kier molecular flexibility index (Phi) is 4.89. The molecule has 1 saturated heterocycles. The Labute approximate surface area is 117 Å². The van der Waals surface area contributed by atoms with Gasteiger partial charge in [0.25, 0.3) is 0 Å². The van der Waals surface area contributed by atoms with Crippen LogP contribution >= 0.6 is 15.9 Å². The first-order chi connectivity index (χ1) is 8.65. The van der Waals surface area contributed by atoms with Crippen molar-refractivity contribution in [3.63, 3.8) is 0 Å². The van der Waals surface area contributed by atoms with Gasteiger partial charge in [0.1, 0.15) is 5.78 Å². The maximum Gasteiger partial charge on any atom is 0.131 e. The van der Waals surface area contributed by atoms with Crippen LogP contribution in [0.15, 0.2) is 22.9 Å². The molecule has 1 unspecified atom stereocenters. The van der Waals surface area contributed by atoms with E-state index in [0.29, 0.717) is 18.2 Å². The summed E-state index contributed by atoms with van der Waals surface area (Å²) in [5, 5.41) is 0. The van der Waals surface area contributed by atoms with Gasteiger partial charge in [-0.15, -0.1) is 0 Å². The van der Waals surface area contributed by atoms with Crippen LogP contribution in [0.2, 0.25) is 0 Å². The molecule has 2 rings (SSSR count). The molecule has 0 saturated carbocycles. The molecule has 98 valence electrons. The summed E-state index contributed by atoms with van der Waals surface area (Å²) in [5.74, 6) is 0.291. The van der Waals surface area contributed by atoms with E-state index in [4.69, 9.17) is 0 Å². The number of ketones is 1. The van der Waals surface area contributed by atoms with Crippen LogP contribution in [0.5, 0.6) is 0 Å². The van der Waals surface area contributed by atoms with E-state index in [9.17, 15) is 4.79 Å². The minimum atomic E-state index is 0.291. The molecule has 0 bridgehead atoms. The predicted octanol–water partition coefficient (Wildman–Crippen LogP) is 3.18. The Morgan fingerprint density at radius 3 is 3.06 bits per heavy atom. The van der Waals surface area contributed by atoms with Gasteiger partial charge in [0.2, 0.25) is 0 Å². The zero-order valence-electron chi connectivity index (χ0n) is 10.7. The Hall–Kier alpha value is -0.740. The summed E-state index contributed by atoms with van der Waals surface area (Å²) in [6.45, 7) is 3.67. The van der Waals surface area contributed by atoms with Crippen LogP contribution in [0.1, 0.15) is 38.2 Å². The van der Waals surface area contributed by atoms with E-state index in [1.165, 1.54) is 18.4 Å². The van der Waals surface area contributed by atoms with Crippen LogP contribution in [0.4, 0.5) is 0 Å². The van der Waals surface area contributed by atoms with E-state index in [1.807, 2.05) is 6.20 Å². The molecule has 0 N–H and O–H groups in total. The third kappa shape index (κ3) is 3.89. The molecular weight excluding hydrogens is 292 g/mol. The highest BCUT2D eigenvalue weighted by Crippen LogP contribution is 2.22. The second kappa shape index (κ2) is 6.43. The average molecular weight is 311 g/mol. The lowest BCUT2D eigenvalue weighted by Gasteiger charge is -2.35. The van der Waals surface area contributed by atoms with Crippen molar-refractivity contribution in [2.24, 2.45) is 0 Å². The fourth-order valence-corrected chi connectivity index (χ4v) is 3.02. The smallest absolute Gasteiger partial charge is 0.131 e. The van der Waals surface area contributed by atoms with Gasteiger partial charge in [-0.05, 0) is 53.9 Å². The fraction of sp³-hybridized carbons (Fsp3) is 0.571. The number of likely N-dealkylation sites (tertiary alicyclic amines) is 1. The number of pyridine rings is 1. The van der Waals surface area contributed by atoms with Gasteiger partial charge < -0.3 is 0 Å². The maximum atomic E-state index is 11.3. The third-order valence-corrected chi connectivity index (χ3v) is 3.85. The van der Waals surface area contributed by atoms with Gasteiger partial charge in [-0.1, -0.05) is 6.42 Å². The summed E-state index contributed by atoms with van der Waals surface area (Å²) < 4.78 is 1.01. The predicted molar refractivity (Wildman–Crippen MR) is 75.3 cm³/mol. The van der Waals surface area contributed by atoms with Crippen molar-refractivity contribution < 1.29 is 4.79 Å². The van der Waals surface area contributed by atoms with Gasteiger partial charge in [0.15, 0.2) is 0 Å². The monoisotopic (exact) mass is 310 g/mol. The van der Waals surface area contributed by atoms with Crippen molar-refractivity contribution in [2.45, 2.75) is 45.2 Å². The van der Waals surface area contributed by atoms with Crippen LogP contribution < -0.4 is 0 Å². The normalized spacial score (nSPS) is 20.9. The quantitative estimate of drug-likeness (QED) is 0.856. The van der Waals surface area contributed by atoms with Crippen molar-refractivity contribution in [1.82, 2.24) is 9.88 Å². The van der Waals surface area contributed by atoms with Crippen molar-refractivity contribution in [3.05, 3.63) is 28.5 Å². The van der Waals surface area contributed by atoms with E-state index in [1.54, 1.807) is 13.1 Å². The molecule has 2 heterocycles. The van der Waals surface area contributed by atoms with E-state index < -0.39 is 0 Å². The average Bonchev–Trinajstić information content (AvgIpc) is 2.31. The Morgan fingerprint density at radius 1 is 1.50 bits per heavy atom. The molecule has 1 aromatic rings. The number of Topliss-reactive ketones (excluding diaryl/α,β-unsaturated/α-hetero) is 1. The van der Waals surface area contributed by atoms with Crippen molar-refractivity contribution in [3.8, 4) is 0 Å². The van der Waals surface area contributed by atoms with E-state index >= 15 is 0 Å². The lowest BCUT2D eigenvalue weighted by Crippen LogP contribution is -2.40. The van der Waals surface area contributed by atoms with Crippen LogP contribution in [0, 0.1) is 0 Å². The molecule has 1 aliphatic rings. The SMILES string of the molecule is CC(=O)CC1CCCCN1Cc1cncc(Br)c1. The van der Waals surface area contributed by atoms with Crippen molar-refractivity contribution >= 4 is 21.7 Å². The zero-order chi connectivity index (χ0) is 13.0. The fourth-order valence-electron chi connectivity index (χ4n) is 2.61. The standard InChI is InChI=1S/C14H19BrN2O/c1-11(18)6-14-4-2-3-5-17(14)10-12-7-13(15)9-16-8-12/h7-9,14H,2-6,10H2,1H3. The van der Waals surface area contributed by atoms with E-state index in [0.717, 1.165) is 24.0 Å². The topological polar surface area (TPSA) is 33.2 Å². The van der Waals surface area contributed by atoms with Crippen molar-refractivity contribution in [1.29, 1.82) is 0 Å². The Bertz CT molecular complexity index is 422. The number of piperidine rings is 1. The summed E-state index contributed by atoms with van der Waals surface area (Å²) >= 11 is 3.45. The largest absolute Gasteiger partial charge is 0.300 e. The first kappa shape index (κ1) is 13.7. The molecule has 0 aromatic carbocycles. The highest BCUT2D eigenvalue weighted by atomic mass is 79.9. The third-order valence-electron chi connectivity index (χ3n) is 3.42. The minimum absolute atomic E-state index is 0.291.